The van der Waals surface area contributed by atoms with E-state index in [1.807, 2.05) is 18.2 Å². The lowest BCUT2D eigenvalue weighted by molar-refractivity contribution is 0.251. The van der Waals surface area contributed by atoms with Crippen molar-refractivity contribution in [1.29, 1.82) is 0 Å². The number of hydrogen-bond acceptors (Lipinski definition) is 3. The summed E-state index contributed by atoms with van der Waals surface area (Å²) in [6.07, 6.45) is 1.83. The van der Waals surface area contributed by atoms with Gasteiger partial charge < -0.3 is 21.7 Å². The summed E-state index contributed by atoms with van der Waals surface area (Å²) in [6, 6.07) is 23.5. The van der Waals surface area contributed by atoms with Crippen LogP contribution in [0.15, 0.2) is 72.8 Å². The molecule has 0 bridgehead atoms. The van der Waals surface area contributed by atoms with E-state index in [2.05, 4.69) is 52.3 Å². The highest BCUT2D eigenvalue weighted by Gasteiger charge is 2.14. The monoisotopic (exact) mass is 484 g/mol. The van der Waals surface area contributed by atoms with Crippen LogP contribution in [0.3, 0.4) is 0 Å². The van der Waals surface area contributed by atoms with Gasteiger partial charge in [0, 0.05) is 28.2 Å². The molecule has 0 aromatic heterocycles. The Kier molecular flexibility index (Phi) is 10.0. The van der Waals surface area contributed by atoms with E-state index in [1.54, 1.807) is 18.2 Å². The molecule has 7 heteroatoms. The summed E-state index contributed by atoms with van der Waals surface area (Å²) in [5, 5.41) is 10.1. The molecule has 0 spiro atoms. The second-order valence-electron chi connectivity index (χ2n) is 7.86. The van der Waals surface area contributed by atoms with Gasteiger partial charge in [-0.05, 0) is 67.4 Å². The quantitative estimate of drug-likeness (QED) is 0.256. The third-order valence-corrected chi connectivity index (χ3v) is 5.78. The van der Waals surface area contributed by atoms with Crippen molar-refractivity contribution in [3.63, 3.8) is 0 Å². The smallest absolute Gasteiger partial charge is 0.319 e. The van der Waals surface area contributed by atoms with E-state index < -0.39 is 0 Å². The average molecular weight is 485 g/mol. The predicted octanol–water partition coefficient (Wildman–Crippen LogP) is 5.89. The van der Waals surface area contributed by atoms with Crippen molar-refractivity contribution < 1.29 is 4.79 Å². The second kappa shape index (κ2) is 13.2. The summed E-state index contributed by atoms with van der Waals surface area (Å²) < 4.78 is 0. The minimum atomic E-state index is -0.296. The van der Waals surface area contributed by atoms with Crippen LogP contribution in [-0.2, 0) is 0 Å². The number of amides is 2. The molecule has 1 unspecified atom stereocenters. The van der Waals surface area contributed by atoms with Gasteiger partial charge >= 0.3 is 6.03 Å². The first-order chi connectivity index (χ1) is 16.0. The molecule has 5 nitrogen and oxygen atoms in total. The van der Waals surface area contributed by atoms with Crippen LogP contribution in [0, 0.1) is 0 Å². The molecule has 3 aromatic rings. The predicted molar refractivity (Wildman–Crippen MR) is 139 cm³/mol. The standard InChI is InChI=1S/C26H30Cl2N4O/c27-23-15-24(28)17-25(16-23)32-26(33)31-18-22(11-14-30-13-4-12-29)21-9-7-20(8-10-21)19-5-2-1-3-6-19/h1-3,5-10,15-17,22,30H,4,11-14,18,29H2,(H2,31,32,33). The van der Waals surface area contributed by atoms with Crippen LogP contribution in [0.5, 0.6) is 0 Å². The third kappa shape index (κ3) is 8.37. The fourth-order valence-electron chi connectivity index (χ4n) is 3.61. The van der Waals surface area contributed by atoms with E-state index in [9.17, 15) is 4.79 Å². The maximum atomic E-state index is 12.5. The highest BCUT2D eigenvalue weighted by Crippen LogP contribution is 2.25. The number of halogens is 2. The van der Waals surface area contributed by atoms with Crippen LogP contribution in [0.2, 0.25) is 10.0 Å². The molecule has 3 rings (SSSR count). The van der Waals surface area contributed by atoms with E-state index in [-0.39, 0.29) is 11.9 Å². The lowest BCUT2D eigenvalue weighted by atomic mass is 9.93. The molecule has 3 aromatic carbocycles. The Morgan fingerprint density at radius 1 is 0.879 bits per heavy atom. The third-order valence-electron chi connectivity index (χ3n) is 5.35. The fraction of sp³-hybridized carbons (Fsp3) is 0.269. The van der Waals surface area contributed by atoms with Gasteiger partial charge in [-0.3, -0.25) is 0 Å². The molecule has 0 radical (unpaired) electrons. The zero-order valence-electron chi connectivity index (χ0n) is 18.5. The Labute approximate surface area is 205 Å². The molecular weight excluding hydrogens is 455 g/mol. The summed E-state index contributed by atoms with van der Waals surface area (Å²) in [5.74, 6) is 0.161. The first-order valence-electron chi connectivity index (χ1n) is 11.1. The Morgan fingerprint density at radius 2 is 1.55 bits per heavy atom. The van der Waals surface area contributed by atoms with Gasteiger partial charge in [-0.2, -0.15) is 0 Å². The van der Waals surface area contributed by atoms with E-state index in [4.69, 9.17) is 28.9 Å². The van der Waals surface area contributed by atoms with E-state index in [1.165, 1.54) is 16.7 Å². The molecule has 5 N–H and O–H groups in total. The number of urea groups is 1. The van der Waals surface area contributed by atoms with Crippen molar-refractivity contribution in [2.45, 2.75) is 18.8 Å². The van der Waals surface area contributed by atoms with Crippen molar-refractivity contribution in [1.82, 2.24) is 10.6 Å². The van der Waals surface area contributed by atoms with Crippen LogP contribution in [0.1, 0.15) is 24.3 Å². The van der Waals surface area contributed by atoms with Crippen molar-refractivity contribution in [2.24, 2.45) is 5.73 Å². The molecule has 0 fully saturated rings. The van der Waals surface area contributed by atoms with Crippen molar-refractivity contribution in [3.05, 3.63) is 88.4 Å². The molecular formula is C26H30Cl2N4O. The van der Waals surface area contributed by atoms with Crippen molar-refractivity contribution >= 4 is 34.9 Å². The molecule has 0 saturated heterocycles. The van der Waals surface area contributed by atoms with Crippen LogP contribution in [-0.4, -0.2) is 32.2 Å². The Bertz CT molecular complexity index is 992. The molecule has 0 saturated carbocycles. The van der Waals surface area contributed by atoms with Gasteiger partial charge in [-0.15, -0.1) is 0 Å². The zero-order chi connectivity index (χ0) is 23.5. The summed E-state index contributed by atoms with van der Waals surface area (Å²) in [4.78, 5) is 12.5. The lowest BCUT2D eigenvalue weighted by Gasteiger charge is -2.19. The first-order valence-corrected chi connectivity index (χ1v) is 11.9. The number of hydrogen-bond donors (Lipinski definition) is 4. The van der Waals surface area contributed by atoms with Crippen LogP contribution in [0.25, 0.3) is 11.1 Å². The van der Waals surface area contributed by atoms with Crippen LogP contribution >= 0.6 is 23.2 Å². The van der Waals surface area contributed by atoms with Gasteiger partial charge in [0.2, 0.25) is 0 Å². The van der Waals surface area contributed by atoms with E-state index in [0.29, 0.717) is 28.8 Å². The maximum Gasteiger partial charge on any atom is 0.319 e. The molecule has 0 heterocycles. The van der Waals surface area contributed by atoms with Gasteiger partial charge in [0.15, 0.2) is 0 Å². The molecule has 2 amide bonds. The van der Waals surface area contributed by atoms with E-state index >= 15 is 0 Å². The SMILES string of the molecule is NCCCNCCC(CNC(=O)Nc1cc(Cl)cc(Cl)c1)c1ccc(-c2ccccc2)cc1. The number of carbonyl (C=O) groups is 1. The Morgan fingerprint density at radius 3 is 2.21 bits per heavy atom. The number of benzene rings is 3. The Hall–Kier alpha value is -2.57. The number of nitrogens with one attached hydrogen (secondary N) is 3. The number of carbonyl (C=O) groups excluding carboxylic acids is 1. The minimum absolute atomic E-state index is 0.161. The number of anilines is 1. The average Bonchev–Trinajstić information content (AvgIpc) is 2.81. The molecule has 33 heavy (non-hydrogen) atoms. The Balaban J connectivity index is 1.63. The molecule has 174 valence electrons. The normalized spacial score (nSPS) is 11.7. The van der Waals surface area contributed by atoms with Gasteiger partial charge in [-0.1, -0.05) is 77.8 Å². The van der Waals surface area contributed by atoms with Gasteiger partial charge in [0.25, 0.3) is 0 Å². The molecule has 0 aliphatic carbocycles. The number of nitrogens with two attached hydrogens (primary N) is 1. The zero-order valence-corrected chi connectivity index (χ0v) is 20.0. The lowest BCUT2D eigenvalue weighted by Crippen LogP contribution is -2.33. The highest BCUT2D eigenvalue weighted by atomic mass is 35.5. The second-order valence-corrected chi connectivity index (χ2v) is 8.73. The molecule has 0 aliphatic heterocycles. The largest absolute Gasteiger partial charge is 0.337 e. The van der Waals surface area contributed by atoms with Crippen LogP contribution < -0.4 is 21.7 Å². The highest BCUT2D eigenvalue weighted by molar-refractivity contribution is 6.35. The maximum absolute atomic E-state index is 12.5. The van der Waals surface area contributed by atoms with Gasteiger partial charge in [0.1, 0.15) is 0 Å². The molecule has 1 atom stereocenters. The van der Waals surface area contributed by atoms with Gasteiger partial charge in [0.05, 0.1) is 0 Å². The summed E-state index contributed by atoms with van der Waals surface area (Å²) in [7, 11) is 0. The minimum Gasteiger partial charge on any atom is -0.337 e. The first kappa shape index (κ1) is 25.1. The molecule has 0 aliphatic rings. The number of rotatable bonds is 11. The van der Waals surface area contributed by atoms with E-state index in [0.717, 1.165) is 25.9 Å². The summed E-state index contributed by atoms with van der Waals surface area (Å²) >= 11 is 12.0. The fourth-order valence-corrected chi connectivity index (χ4v) is 4.14. The van der Waals surface area contributed by atoms with Gasteiger partial charge in [-0.25, -0.2) is 4.79 Å². The summed E-state index contributed by atoms with van der Waals surface area (Å²) in [5.41, 5.74) is 9.66. The van der Waals surface area contributed by atoms with Crippen molar-refractivity contribution in [2.75, 3.05) is 31.5 Å². The summed E-state index contributed by atoms with van der Waals surface area (Å²) in [6.45, 7) is 2.91. The van der Waals surface area contributed by atoms with Crippen molar-refractivity contribution in [3.8, 4) is 11.1 Å². The van der Waals surface area contributed by atoms with Crippen LogP contribution in [0.4, 0.5) is 10.5 Å². The topological polar surface area (TPSA) is 79.2 Å².